The van der Waals surface area contributed by atoms with Gasteiger partial charge in [0.05, 0.1) is 41.4 Å². The number of halogens is 1. The van der Waals surface area contributed by atoms with Crippen LogP contribution >= 0.6 is 11.6 Å². The molecule has 2 aromatic carbocycles. The Balaban J connectivity index is 1.80. The zero-order chi connectivity index (χ0) is 18.5. The van der Waals surface area contributed by atoms with Crippen LogP contribution in [-0.4, -0.2) is 45.1 Å². The number of benzene rings is 2. The molecular formula is C18H17ClN2O4S. The van der Waals surface area contributed by atoms with Crippen molar-refractivity contribution in [2.24, 2.45) is 0 Å². The predicted molar refractivity (Wildman–Crippen MR) is 101 cm³/mol. The van der Waals surface area contributed by atoms with Crippen molar-refractivity contribution in [1.29, 1.82) is 0 Å². The molecule has 6 nitrogen and oxygen atoms in total. The summed E-state index contributed by atoms with van der Waals surface area (Å²) in [4.78, 5) is 16.3. The zero-order valence-electron chi connectivity index (χ0n) is 14.0. The van der Waals surface area contributed by atoms with Crippen molar-refractivity contribution < 1.29 is 17.9 Å². The number of carbonyl (C=O) groups is 1. The van der Waals surface area contributed by atoms with Gasteiger partial charge in [-0.25, -0.2) is 13.2 Å². The number of hydrogen-bond acceptors (Lipinski definition) is 4. The van der Waals surface area contributed by atoms with Gasteiger partial charge in [0.1, 0.15) is 5.75 Å². The quantitative estimate of drug-likeness (QED) is 0.753. The first-order chi connectivity index (χ1) is 12.4. The van der Waals surface area contributed by atoms with Gasteiger partial charge in [0.2, 0.25) is 0 Å². The van der Waals surface area contributed by atoms with Crippen LogP contribution in [0.25, 0.3) is 0 Å². The molecule has 0 radical (unpaired) electrons. The van der Waals surface area contributed by atoms with Crippen LogP contribution in [0.2, 0.25) is 5.02 Å². The molecule has 26 heavy (non-hydrogen) atoms. The van der Waals surface area contributed by atoms with Gasteiger partial charge in [-0.3, -0.25) is 9.80 Å². The normalized spacial score (nSPS) is 24.0. The molecule has 2 heterocycles. The summed E-state index contributed by atoms with van der Waals surface area (Å²) in [5, 5.41) is 0.417. The highest BCUT2D eigenvalue weighted by Crippen LogP contribution is 2.40. The van der Waals surface area contributed by atoms with Crippen molar-refractivity contribution in [2.75, 3.05) is 28.4 Å². The van der Waals surface area contributed by atoms with Crippen LogP contribution in [0.1, 0.15) is 0 Å². The standard InChI is InChI=1S/C18H17ClN2O4S/c1-25-13-8-6-12(7-9-13)20-16-10-26(23,24)11-17(16)21(18(20)22)15-5-3-2-4-14(15)19/h2-9,16-17H,10-11H2,1H3. The molecule has 8 heteroatoms. The lowest BCUT2D eigenvalue weighted by Gasteiger charge is -2.23. The second kappa shape index (κ2) is 6.17. The Labute approximate surface area is 156 Å². The fraction of sp³-hybridized carbons (Fsp3) is 0.278. The van der Waals surface area contributed by atoms with Crippen molar-refractivity contribution in [3.05, 3.63) is 53.6 Å². The molecule has 2 amide bonds. The summed E-state index contributed by atoms with van der Waals surface area (Å²) in [5.74, 6) is 0.538. The monoisotopic (exact) mass is 392 g/mol. The number of rotatable bonds is 3. The second-order valence-corrected chi connectivity index (χ2v) is 8.94. The molecule has 0 spiro atoms. The van der Waals surface area contributed by atoms with E-state index in [2.05, 4.69) is 0 Å². The lowest BCUT2D eigenvalue weighted by atomic mass is 10.1. The average Bonchev–Trinajstić information content (AvgIpc) is 3.05. The number of sulfone groups is 1. The van der Waals surface area contributed by atoms with Crippen molar-refractivity contribution in [1.82, 2.24) is 0 Å². The number of methoxy groups -OCH3 is 1. The van der Waals surface area contributed by atoms with Crippen molar-refractivity contribution >= 4 is 38.8 Å². The van der Waals surface area contributed by atoms with E-state index in [4.69, 9.17) is 16.3 Å². The van der Waals surface area contributed by atoms with E-state index in [1.165, 1.54) is 4.90 Å². The van der Waals surface area contributed by atoms with Crippen molar-refractivity contribution in [3.8, 4) is 5.75 Å². The number of anilines is 2. The lowest BCUT2D eigenvalue weighted by Crippen LogP contribution is -2.38. The second-order valence-electron chi connectivity index (χ2n) is 6.38. The molecule has 2 aliphatic rings. The summed E-state index contributed by atoms with van der Waals surface area (Å²) in [6, 6.07) is 12.8. The summed E-state index contributed by atoms with van der Waals surface area (Å²) < 4.78 is 29.7. The predicted octanol–water partition coefficient (Wildman–Crippen LogP) is 2.96. The number of fused-ring (bicyclic) bond motifs is 1. The number of nitrogens with zero attached hydrogens (tertiary/aromatic N) is 2. The van der Waals surface area contributed by atoms with Gasteiger partial charge in [0, 0.05) is 5.69 Å². The van der Waals surface area contributed by atoms with Crippen LogP contribution in [0.3, 0.4) is 0 Å². The Morgan fingerprint density at radius 1 is 1.00 bits per heavy atom. The maximum Gasteiger partial charge on any atom is 0.329 e. The van der Waals surface area contributed by atoms with Crippen LogP contribution in [0.4, 0.5) is 16.2 Å². The van der Waals surface area contributed by atoms with E-state index in [-0.39, 0.29) is 17.5 Å². The number of ether oxygens (including phenoxy) is 1. The summed E-state index contributed by atoms with van der Waals surface area (Å²) in [7, 11) is -1.68. The highest BCUT2D eigenvalue weighted by atomic mass is 35.5. The van der Waals surface area contributed by atoms with E-state index in [1.54, 1.807) is 60.5 Å². The molecule has 0 aromatic heterocycles. The minimum absolute atomic E-state index is 0.0591. The van der Waals surface area contributed by atoms with Gasteiger partial charge >= 0.3 is 6.03 Å². The van der Waals surface area contributed by atoms with Crippen molar-refractivity contribution in [3.63, 3.8) is 0 Å². The molecule has 2 fully saturated rings. The largest absolute Gasteiger partial charge is 0.497 e. The Hall–Kier alpha value is -2.25. The fourth-order valence-electron chi connectivity index (χ4n) is 3.68. The Kier molecular flexibility index (Phi) is 4.08. The Bertz CT molecular complexity index is 961. The molecule has 0 saturated carbocycles. The van der Waals surface area contributed by atoms with Gasteiger partial charge in [-0.1, -0.05) is 23.7 Å². The third-order valence-electron chi connectivity index (χ3n) is 4.83. The molecule has 136 valence electrons. The maximum absolute atomic E-state index is 13.2. The maximum atomic E-state index is 13.2. The first-order valence-corrected chi connectivity index (χ1v) is 10.3. The van der Waals surface area contributed by atoms with E-state index in [1.807, 2.05) is 0 Å². The third kappa shape index (κ3) is 2.71. The van der Waals surface area contributed by atoms with E-state index < -0.39 is 21.9 Å². The first kappa shape index (κ1) is 17.2. The van der Waals surface area contributed by atoms with Gasteiger partial charge in [-0.15, -0.1) is 0 Å². The lowest BCUT2D eigenvalue weighted by molar-refractivity contribution is 0.255. The SMILES string of the molecule is COc1ccc(N2C(=O)N(c3ccccc3Cl)C3CS(=O)(=O)CC32)cc1. The van der Waals surface area contributed by atoms with Crippen LogP contribution in [0.15, 0.2) is 48.5 Å². The first-order valence-electron chi connectivity index (χ1n) is 8.13. The summed E-state index contributed by atoms with van der Waals surface area (Å²) in [5.41, 5.74) is 1.17. The van der Waals surface area contributed by atoms with Gasteiger partial charge < -0.3 is 4.74 Å². The molecule has 4 rings (SSSR count). The molecule has 2 unspecified atom stereocenters. The average molecular weight is 393 g/mol. The van der Waals surface area contributed by atoms with Gasteiger partial charge in [-0.05, 0) is 36.4 Å². The minimum Gasteiger partial charge on any atom is -0.497 e. The molecule has 2 atom stereocenters. The van der Waals surface area contributed by atoms with E-state index in [9.17, 15) is 13.2 Å². The molecule has 2 aliphatic heterocycles. The molecule has 2 aromatic rings. The molecular weight excluding hydrogens is 376 g/mol. The highest BCUT2D eigenvalue weighted by Gasteiger charge is 2.54. The number of urea groups is 1. The highest BCUT2D eigenvalue weighted by molar-refractivity contribution is 7.91. The molecule has 0 bridgehead atoms. The molecule has 2 saturated heterocycles. The van der Waals surface area contributed by atoms with Crippen LogP contribution in [0.5, 0.6) is 5.75 Å². The minimum atomic E-state index is -3.24. The van der Waals surface area contributed by atoms with Gasteiger partial charge in [0.25, 0.3) is 0 Å². The zero-order valence-corrected chi connectivity index (χ0v) is 15.6. The van der Waals surface area contributed by atoms with Gasteiger partial charge in [0.15, 0.2) is 9.84 Å². The Morgan fingerprint density at radius 3 is 2.23 bits per heavy atom. The summed E-state index contributed by atoms with van der Waals surface area (Å²) >= 11 is 6.29. The Morgan fingerprint density at radius 2 is 1.62 bits per heavy atom. The smallest absolute Gasteiger partial charge is 0.329 e. The summed E-state index contributed by atoms with van der Waals surface area (Å²) in [6.07, 6.45) is 0. The molecule has 0 N–H and O–H groups in total. The van der Waals surface area contributed by atoms with Crippen molar-refractivity contribution in [2.45, 2.75) is 12.1 Å². The third-order valence-corrected chi connectivity index (χ3v) is 6.85. The van der Waals surface area contributed by atoms with Crippen LogP contribution in [-0.2, 0) is 9.84 Å². The van der Waals surface area contributed by atoms with Crippen LogP contribution in [0, 0.1) is 0 Å². The molecule has 0 aliphatic carbocycles. The number of amides is 2. The number of para-hydroxylation sites is 1. The van der Waals surface area contributed by atoms with E-state index >= 15 is 0 Å². The van der Waals surface area contributed by atoms with Crippen LogP contribution < -0.4 is 14.5 Å². The fourth-order valence-corrected chi connectivity index (χ4v) is 5.82. The van der Waals surface area contributed by atoms with Gasteiger partial charge in [-0.2, -0.15) is 0 Å². The number of carbonyl (C=O) groups excluding carboxylic acids is 1. The van der Waals surface area contributed by atoms with E-state index in [0.717, 1.165) is 0 Å². The van der Waals surface area contributed by atoms with E-state index in [0.29, 0.717) is 22.1 Å². The summed E-state index contributed by atoms with van der Waals surface area (Å²) in [6.45, 7) is 0. The topological polar surface area (TPSA) is 66.9 Å². The number of hydrogen-bond donors (Lipinski definition) is 0.